The Labute approximate surface area is 241 Å². The maximum atomic E-state index is 12.3. The van der Waals surface area contributed by atoms with Crippen molar-refractivity contribution in [1.29, 1.82) is 0 Å². The van der Waals surface area contributed by atoms with E-state index in [2.05, 4.69) is 69.4 Å². The highest BCUT2D eigenvalue weighted by Crippen LogP contribution is 2.11. The number of nitrogens with zero attached hydrogens (tertiary/aromatic N) is 4. The summed E-state index contributed by atoms with van der Waals surface area (Å²) in [5.74, 6) is 0.228. The summed E-state index contributed by atoms with van der Waals surface area (Å²) in [5.41, 5.74) is 0.395. The van der Waals surface area contributed by atoms with E-state index in [0.717, 1.165) is 67.2 Å². The van der Waals surface area contributed by atoms with Crippen molar-refractivity contribution in [2.45, 2.75) is 46.0 Å². The van der Waals surface area contributed by atoms with Crippen molar-refractivity contribution in [2.75, 3.05) is 78.1 Å². The van der Waals surface area contributed by atoms with E-state index in [0.29, 0.717) is 24.5 Å². The normalized spacial score (nSPS) is 11.7. The molecule has 0 fully saturated rings. The van der Waals surface area contributed by atoms with Crippen LogP contribution in [-0.2, 0) is 0 Å². The molecule has 0 aliphatic heterocycles. The molecular formula is C27H48N10O4+2. The highest BCUT2D eigenvalue weighted by atomic mass is 16.2. The minimum absolute atomic E-state index is 0.114. The summed E-state index contributed by atoms with van der Waals surface area (Å²) in [5, 5.41) is 10.8. The van der Waals surface area contributed by atoms with Gasteiger partial charge in [0.1, 0.15) is 0 Å². The van der Waals surface area contributed by atoms with Crippen LogP contribution in [0.5, 0.6) is 0 Å². The number of anilines is 2. The summed E-state index contributed by atoms with van der Waals surface area (Å²) in [6.45, 7) is 8.23. The van der Waals surface area contributed by atoms with Crippen LogP contribution < -0.4 is 32.4 Å². The molecule has 0 aliphatic rings. The van der Waals surface area contributed by atoms with Crippen LogP contribution in [0.25, 0.3) is 0 Å². The average molecular weight is 577 g/mol. The number of carbonyl (C=O) groups is 2. The first-order chi connectivity index (χ1) is 19.2. The van der Waals surface area contributed by atoms with Crippen LogP contribution in [0, 0.1) is 13.8 Å². The van der Waals surface area contributed by atoms with E-state index < -0.39 is 23.2 Å². The zero-order chi connectivity index (χ0) is 30.5. The lowest BCUT2D eigenvalue weighted by Gasteiger charge is -2.35. The summed E-state index contributed by atoms with van der Waals surface area (Å²) in [7, 11) is 8.81. The lowest BCUT2D eigenvalue weighted by Crippen LogP contribution is -2.48. The van der Waals surface area contributed by atoms with Gasteiger partial charge in [-0.2, -0.15) is 9.97 Å². The molecule has 0 aliphatic carbocycles. The molecule has 0 bridgehead atoms. The third-order valence-corrected chi connectivity index (χ3v) is 6.57. The van der Waals surface area contributed by atoms with Crippen LogP contribution in [0.1, 0.15) is 43.5 Å². The highest BCUT2D eigenvalue weighted by Gasteiger charge is 2.21. The molecule has 2 rings (SSSR count). The molecule has 0 spiro atoms. The Morgan fingerprint density at radius 3 is 1.51 bits per heavy atom. The minimum atomic E-state index is -0.423. The van der Waals surface area contributed by atoms with Crippen LogP contribution in [0.4, 0.5) is 21.5 Å². The number of nitrogens with one attached hydrogen (secondary N) is 6. The Bertz CT molecular complexity index is 1170. The molecule has 2 heterocycles. The van der Waals surface area contributed by atoms with Gasteiger partial charge in [-0.1, -0.05) is 0 Å². The summed E-state index contributed by atoms with van der Waals surface area (Å²) in [6.07, 6.45) is 4.93. The predicted molar refractivity (Wildman–Crippen MR) is 160 cm³/mol. The van der Waals surface area contributed by atoms with Gasteiger partial charge in [0, 0.05) is 49.5 Å². The smallest absolute Gasteiger partial charge is 0.321 e. The van der Waals surface area contributed by atoms with Gasteiger partial charge in [0.2, 0.25) is 11.9 Å². The molecule has 4 amide bonds. The van der Waals surface area contributed by atoms with Crippen molar-refractivity contribution in [3.63, 3.8) is 0 Å². The number of amides is 4. The lowest BCUT2D eigenvalue weighted by molar-refractivity contribution is -0.910. The number of quaternary nitrogens is 2. The minimum Gasteiger partial charge on any atom is -0.338 e. The number of aromatic amines is 2. The number of urea groups is 2. The van der Waals surface area contributed by atoms with Crippen molar-refractivity contribution in [2.24, 2.45) is 0 Å². The molecule has 0 unspecified atom stereocenters. The van der Waals surface area contributed by atoms with Gasteiger partial charge in [-0.05, 0) is 33.1 Å². The van der Waals surface area contributed by atoms with E-state index in [9.17, 15) is 19.2 Å². The Kier molecular flexibility index (Phi) is 12.9. The van der Waals surface area contributed by atoms with Gasteiger partial charge in [-0.3, -0.25) is 20.2 Å². The predicted octanol–water partition coefficient (Wildman–Crippen LogP) is 1.52. The zero-order valence-electron chi connectivity index (χ0n) is 25.4. The van der Waals surface area contributed by atoms with Crippen LogP contribution in [0.3, 0.4) is 0 Å². The molecule has 6 N–H and O–H groups in total. The van der Waals surface area contributed by atoms with Gasteiger partial charge in [0.05, 0.1) is 54.4 Å². The number of hydrogen-bond donors (Lipinski definition) is 6. The number of H-pyrrole nitrogens is 2. The van der Waals surface area contributed by atoms with E-state index in [1.165, 1.54) is 12.1 Å². The summed E-state index contributed by atoms with van der Waals surface area (Å²) in [6, 6.07) is 1.87. The van der Waals surface area contributed by atoms with Crippen molar-refractivity contribution < 1.29 is 18.6 Å². The first-order valence-corrected chi connectivity index (χ1v) is 14.1. The molecule has 14 heteroatoms. The number of hydrogen-bond acceptors (Lipinski definition) is 6. The van der Waals surface area contributed by atoms with Gasteiger partial charge in [-0.15, -0.1) is 0 Å². The molecule has 228 valence electrons. The molecule has 14 nitrogen and oxygen atoms in total. The number of aromatic nitrogens is 4. The van der Waals surface area contributed by atoms with E-state index in [-0.39, 0.29) is 11.9 Å². The molecule has 0 radical (unpaired) electrons. The second kappa shape index (κ2) is 15.9. The largest absolute Gasteiger partial charge is 0.338 e. The van der Waals surface area contributed by atoms with Crippen LogP contribution in [0.15, 0.2) is 21.7 Å². The third-order valence-electron chi connectivity index (χ3n) is 6.57. The highest BCUT2D eigenvalue weighted by molar-refractivity contribution is 5.87. The van der Waals surface area contributed by atoms with Crippen molar-refractivity contribution >= 4 is 24.0 Å². The van der Waals surface area contributed by atoms with Crippen LogP contribution >= 0.6 is 0 Å². The summed E-state index contributed by atoms with van der Waals surface area (Å²) >= 11 is 0. The number of unbranched alkanes of at least 4 members (excludes halogenated alkanes) is 2. The fourth-order valence-electron chi connectivity index (χ4n) is 4.50. The Hall–Kier alpha value is -3.78. The maximum Gasteiger partial charge on any atom is 0.321 e. The molecule has 41 heavy (non-hydrogen) atoms. The zero-order valence-corrected chi connectivity index (χ0v) is 25.4. The molecule has 2 aromatic rings. The molecule has 0 atom stereocenters. The van der Waals surface area contributed by atoms with E-state index >= 15 is 0 Å². The summed E-state index contributed by atoms with van der Waals surface area (Å²) in [4.78, 5) is 60.8. The second-order valence-electron chi connectivity index (χ2n) is 11.8. The fourth-order valence-corrected chi connectivity index (χ4v) is 4.50. The quantitative estimate of drug-likeness (QED) is 0.131. The SMILES string of the molecule is Cc1cc(=O)nc(NC(=O)NCCC[N+](C)(CCCCC[N+](C)(C)C)CCCNC(=O)Nc2nc(=O)cc(C)[nH]2)[nH]1. The molecular weight excluding hydrogens is 528 g/mol. The Morgan fingerprint density at radius 1 is 0.683 bits per heavy atom. The lowest BCUT2D eigenvalue weighted by atomic mass is 10.1. The Morgan fingerprint density at radius 2 is 1.10 bits per heavy atom. The maximum absolute atomic E-state index is 12.3. The van der Waals surface area contributed by atoms with Crippen molar-refractivity contribution in [1.82, 2.24) is 30.6 Å². The van der Waals surface area contributed by atoms with Crippen LogP contribution in [0.2, 0.25) is 0 Å². The van der Waals surface area contributed by atoms with E-state index in [1.54, 1.807) is 13.8 Å². The molecule has 0 aromatic carbocycles. The van der Waals surface area contributed by atoms with Crippen molar-refractivity contribution in [3.05, 3.63) is 44.2 Å². The number of carbonyl (C=O) groups excluding carboxylic acids is 2. The van der Waals surface area contributed by atoms with Gasteiger partial charge < -0.3 is 29.6 Å². The third kappa shape index (κ3) is 14.4. The topological polar surface area (TPSA) is 174 Å². The number of aryl methyl sites for hydroxylation is 2. The average Bonchev–Trinajstić information content (AvgIpc) is 2.82. The first-order valence-electron chi connectivity index (χ1n) is 14.1. The Balaban J connectivity index is 1.81. The monoisotopic (exact) mass is 576 g/mol. The molecule has 0 saturated carbocycles. The molecule has 2 aromatic heterocycles. The standard InChI is InChI=1S/C27H46N10O4/c1-20-18-22(38)32-24(30-20)34-26(40)28-12-10-16-37(6,15-9-7-8-14-36(3,4)5)17-11-13-29-27(41)35-25-31-21(2)19-23(39)33-25/h18-19H,7-17H2,1-6H3,(H4-2,28,29,30,31,32,33,34,35,38,39,40,41)/p+2. The van der Waals surface area contributed by atoms with E-state index in [4.69, 9.17) is 0 Å². The number of rotatable bonds is 16. The van der Waals surface area contributed by atoms with E-state index in [1.807, 2.05) is 0 Å². The van der Waals surface area contributed by atoms with Gasteiger partial charge in [0.25, 0.3) is 11.1 Å². The summed E-state index contributed by atoms with van der Waals surface area (Å²) < 4.78 is 1.77. The van der Waals surface area contributed by atoms with Gasteiger partial charge in [-0.25, -0.2) is 9.59 Å². The van der Waals surface area contributed by atoms with Crippen LogP contribution in [-0.4, -0.2) is 108 Å². The fraction of sp³-hybridized carbons (Fsp3) is 0.630. The van der Waals surface area contributed by atoms with Gasteiger partial charge >= 0.3 is 12.1 Å². The second-order valence-corrected chi connectivity index (χ2v) is 11.8. The van der Waals surface area contributed by atoms with Gasteiger partial charge in [0.15, 0.2) is 0 Å². The molecule has 0 saturated heterocycles. The van der Waals surface area contributed by atoms with Crippen molar-refractivity contribution in [3.8, 4) is 0 Å². The first kappa shape index (κ1) is 33.4.